The Kier molecular flexibility index (Phi) is 5.75. The number of nitrogens with zero attached hydrogens (tertiary/aromatic N) is 5. The van der Waals surface area contributed by atoms with Crippen molar-refractivity contribution in [3.63, 3.8) is 0 Å². The molecule has 8 nitrogen and oxygen atoms in total. The van der Waals surface area contributed by atoms with Gasteiger partial charge in [0.2, 0.25) is 5.95 Å². The molecule has 8 heteroatoms. The third-order valence-corrected chi connectivity index (χ3v) is 5.91. The van der Waals surface area contributed by atoms with Crippen LogP contribution in [0.4, 0.5) is 5.95 Å². The van der Waals surface area contributed by atoms with Crippen molar-refractivity contribution in [3.05, 3.63) is 66.6 Å². The molecule has 0 aliphatic carbocycles. The van der Waals surface area contributed by atoms with E-state index in [9.17, 15) is 4.79 Å². The zero-order valence-electron chi connectivity index (χ0n) is 18.7. The van der Waals surface area contributed by atoms with Crippen molar-refractivity contribution in [1.29, 1.82) is 0 Å². The molecule has 4 aromatic rings. The van der Waals surface area contributed by atoms with Crippen LogP contribution in [0.1, 0.15) is 23.2 Å². The van der Waals surface area contributed by atoms with Gasteiger partial charge in [0.15, 0.2) is 0 Å². The first-order chi connectivity index (χ1) is 16.0. The average molecular weight is 443 g/mol. The van der Waals surface area contributed by atoms with Crippen LogP contribution in [0.5, 0.6) is 5.75 Å². The van der Waals surface area contributed by atoms with Crippen molar-refractivity contribution in [3.8, 4) is 16.9 Å². The fourth-order valence-corrected chi connectivity index (χ4v) is 4.01. The molecule has 0 spiro atoms. The quantitative estimate of drug-likeness (QED) is 0.507. The van der Waals surface area contributed by atoms with Crippen molar-refractivity contribution >= 4 is 22.8 Å². The molecule has 1 amide bonds. The summed E-state index contributed by atoms with van der Waals surface area (Å²) >= 11 is 0. The smallest absolute Gasteiger partial charge is 0.258 e. The van der Waals surface area contributed by atoms with Gasteiger partial charge in [-0.15, -0.1) is 0 Å². The standard InChI is InChI=1S/C25H26N6O2/c1-30-10-8-21(9-11-30)33-22-5-3-4-18(12-22)24(32)29-25-26-14-19-7-6-17(13-23(19)28-25)20-15-27-31(2)16-20/h3-7,12-16,21H,8-11H2,1-2H3,(H,26,28,29,32). The molecule has 0 radical (unpaired) electrons. The van der Waals surface area contributed by atoms with E-state index in [1.807, 2.05) is 49.8 Å². The van der Waals surface area contributed by atoms with Crippen LogP contribution in [-0.4, -0.2) is 56.8 Å². The molecular formula is C25H26N6O2. The van der Waals surface area contributed by atoms with Crippen LogP contribution in [0.3, 0.4) is 0 Å². The highest BCUT2D eigenvalue weighted by Crippen LogP contribution is 2.24. The molecule has 0 atom stereocenters. The van der Waals surface area contributed by atoms with Crippen LogP contribution in [-0.2, 0) is 7.05 Å². The Bertz CT molecular complexity index is 1290. The number of likely N-dealkylation sites (tertiary alicyclic amines) is 1. The highest BCUT2D eigenvalue weighted by atomic mass is 16.5. The summed E-state index contributed by atoms with van der Waals surface area (Å²) in [5.74, 6) is 0.696. The Labute approximate surface area is 192 Å². The van der Waals surface area contributed by atoms with Crippen LogP contribution >= 0.6 is 0 Å². The Morgan fingerprint density at radius 2 is 1.91 bits per heavy atom. The zero-order valence-corrected chi connectivity index (χ0v) is 18.7. The number of aromatic nitrogens is 4. The Hall–Kier alpha value is -3.78. The number of anilines is 1. The number of benzene rings is 2. The summed E-state index contributed by atoms with van der Waals surface area (Å²) in [5.41, 5.74) is 3.27. The molecule has 1 N–H and O–H groups in total. The summed E-state index contributed by atoms with van der Waals surface area (Å²) in [7, 11) is 4.00. The van der Waals surface area contributed by atoms with Crippen LogP contribution in [0.2, 0.25) is 0 Å². The Morgan fingerprint density at radius 1 is 1.06 bits per heavy atom. The number of ether oxygens (including phenoxy) is 1. The van der Waals surface area contributed by atoms with Gasteiger partial charge in [0, 0.05) is 49.0 Å². The van der Waals surface area contributed by atoms with E-state index in [0.717, 1.165) is 48.0 Å². The normalized spacial score (nSPS) is 15.0. The van der Waals surface area contributed by atoms with Gasteiger partial charge in [0.1, 0.15) is 11.9 Å². The van der Waals surface area contributed by atoms with Crippen LogP contribution in [0.15, 0.2) is 61.1 Å². The number of amides is 1. The monoisotopic (exact) mass is 442 g/mol. The minimum atomic E-state index is -0.272. The topological polar surface area (TPSA) is 85.2 Å². The number of piperidine rings is 1. The first-order valence-corrected chi connectivity index (χ1v) is 11.1. The van der Waals surface area contributed by atoms with Gasteiger partial charge < -0.3 is 9.64 Å². The molecule has 0 saturated carbocycles. The fraction of sp³-hybridized carbons (Fsp3) is 0.280. The number of carbonyl (C=O) groups excluding carboxylic acids is 1. The SMILES string of the molecule is CN1CCC(Oc2cccc(C(=O)Nc3ncc4ccc(-c5cnn(C)c5)cc4n3)c2)CC1. The summed E-state index contributed by atoms with van der Waals surface area (Å²) < 4.78 is 7.87. The second kappa shape index (κ2) is 8.99. The highest BCUT2D eigenvalue weighted by molar-refractivity contribution is 6.03. The molecule has 2 aromatic carbocycles. The van der Waals surface area contributed by atoms with E-state index in [1.165, 1.54) is 0 Å². The highest BCUT2D eigenvalue weighted by Gasteiger charge is 2.18. The van der Waals surface area contributed by atoms with E-state index in [1.54, 1.807) is 23.0 Å². The number of aryl methyl sites for hydroxylation is 1. The second-order valence-electron chi connectivity index (χ2n) is 8.47. The van der Waals surface area contributed by atoms with Gasteiger partial charge in [-0.1, -0.05) is 18.2 Å². The molecule has 1 aliphatic rings. The van der Waals surface area contributed by atoms with Crippen LogP contribution < -0.4 is 10.1 Å². The van der Waals surface area contributed by atoms with E-state index in [2.05, 4.69) is 32.3 Å². The van der Waals surface area contributed by atoms with Gasteiger partial charge in [-0.05, 0) is 49.7 Å². The number of fused-ring (bicyclic) bond motifs is 1. The molecule has 33 heavy (non-hydrogen) atoms. The molecular weight excluding hydrogens is 416 g/mol. The summed E-state index contributed by atoms with van der Waals surface area (Å²) in [6.45, 7) is 2.04. The minimum absolute atomic E-state index is 0.178. The van der Waals surface area contributed by atoms with Gasteiger partial charge in [0.05, 0.1) is 11.7 Å². The van der Waals surface area contributed by atoms with Crippen molar-refractivity contribution in [1.82, 2.24) is 24.6 Å². The number of carbonyl (C=O) groups is 1. The predicted molar refractivity (Wildman–Crippen MR) is 127 cm³/mol. The number of nitrogens with one attached hydrogen (secondary N) is 1. The van der Waals surface area contributed by atoms with Gasteiger partial charge in [-0.3, -0.25) is 14.8 Å². The first kappa shape index (κ1) is 21.1. The van der Waals surface area contributed by atoms with E-state index < -0.39 is 0 Å². The molecule has 168 valence electrons. The lowest BCUT2D eigenvalue weighted by molar-refractivity contribution is 0.102. The summed E-state index contributed by atoms with van der Waals surface area (Å²) in [6, 6.07) is 13.2. The summed E-state index contributed by atoms with van der Waals surface area (Å²) in [4.78, 5) is 24.0. The average Bonchev–Trinajstić information content (AvgIpc) is 3.26. The lowest BCUT2D eigenvalue weighted by Crippen LogP contribution is -2.35. The molecule has 1 saturated heterocycles. The largest absolute Gasteiger partial charge is 0.490 e. The van der Waals surface area contributed by atoms with Crippen molar-refractivity contribution < 1.29 is 9.53 Å². The lowest BCUT2D eigenvalue weighted by atomic mass is 10.1. The summed E-state index contributed by atoms with van der Waals surface area (Å²) in [5, 5.41) is 7.93. The maximum atomic E-state index is 12.9. The van der Waals surface area contributed by atoms with Crippen LogP contribution in [0, 0.1) is 0 Å². The second-order valence-corrected chi connectivity index (χ2v) is 8.47. The van der Waals surface area contributed by atoms with Gasteiger partial charge in [0.25, 0.3) is 5.91 Å². The zero-order chi connectivity index (χ0) is 22.8. The molecule has 1 aliphatic heterocycles. The van der Waals surface area contributed by atoms with Crippen molar-refractivity contribution in [2.75, 3.05) is 25.5 Å². The maximum absolute atomic E-state index is 12.9. The van der Waals surface area contributed by atoms with E-state index in [4.69, 9.17) is 4.74 Å². The number of rotatable bonds is 5. The maximum Gasteiger partial charge on any atom is 0.258 e. The molecule has 5 rings (SSSR count). The Balaban J connectivity index is 1.31. The van der Waals surface area contributed by atoms with Crippen LogP contribution in [0.25, 0.3) is 22.0 Å². The molecule has 3 heterocycles. The molecule has 1 fully saturated rings. The molecule has 0 bridgehead atoms. The lowest BCUT2D eigenvalue weighted by Gasteiger charge is -2.29. The third-order valence-electron chi connectivity index (χ3n) is 5.91. The predicted octanol–water partition coefficient (Wildman–Crippen LogP) is 3.76. The van der Waals surface area contributed by atoms with E-state index in [0.29, 0.717) is 11.3 Å². The van der Waals surface area contributed by atoms with Gasteiger partial charge in [-0.25, -0.2) is 9.97 Å². The first-order valence-electron chi connectivity index (χ1n) is 11.1. The van der Waals surface area contributed by atoms with E-state index >= 15 is 0 Å². The third kappa shape index (κ3) is 4.85. The molecule has 0 unspecified atom stereocenters. The molecule has 2 aromatic heterocycles. The minimum Gasteiger partial charge on any atom is -0.490 e. The van der Waals surface area contributed by atoms with Gasteiger partial charge >= 0.3 is 0 Å². The fourth-order valence-electron chi connectivity index (χ4n) is 4.01. The number of hydrogen-bond acceptors (Lipinski definition) is 6. The summed E-state index contributed by atoms with van der Waals surface area (Å²) in [6.07, 6.45) is 7.62. The Morgan fingerprint density at radius 3 is 2.70 bits per heavy atom. The van der Waals surface area contributed by atoms with Gasteiger partial charge in [-0.2, -0.15) is 5.10 Å². The van der Waals surface area contributed by atoms with E-state index in [-0.39, 0.29) is 18.0 Å². The van der Waals surface area contributed by atoms with Crippen molar-refractivity contribution in [2.45, 2.75) is 18.9 Å². The van der Waals surface area contributed by atoms with Crippen molar-refractivity contribution in [2.24, 2.45) is 7.05 Å². The number of hydrogen-bond donors (Lipinski definition) is 1.